The highest BCUT2D eigenvalue weighted by molar-refractivity contribution is 6.01. The van der Waals surface area contributed by atoms with Crippen molar-refractivity contribution in [3.8, 4) is 11.3 Å². The number of anilines is 2. The average molecular weight is 528 g/mol. The van der Waals surface area contributed by atoms with Crippen LogP contribution in [0.4, 0.5) is 42.8 Å². The van der Waals surface area contributed by atoms with Crippen molar-refractivity contribution in [3.05, 3.63) is 35.7 Å². The monoisotopic (exact) mass is 528 g/mol. The largest absolute Gasteiger partial charge is 0.453 e. The highest BCUT2D eigenvalue weighted by Crippen LogP contribution is 2.45. The molecule has 198 valence electrons. The number of carbonyl (C=O) groups is 1. The Bertz CT molecular complexity index is 1340. The van der Waals surface area contributed by atoms with E-state index in [1.807, 2.05) is 5.32 Å². The Morgan fingerprint density at radius 1 is 1.14 bits per heavy atom. The van der Waals surface area contributed by atoms with E-state index in [0.29, 0.717) is 12.7 Å². The van der Waals surface area contributed by atoms with Crippen LogP contribution in [-0.4, -0.2) is 46.3 Å². The maximum atomic E-state index is 14.0. The number of aromatic amines is 1. The second kappa shape index (κ2) is 8.78. The van der Waals surface area contributed by atoms with E-state index in [1.54, 1.807) is 0 Å². The van der Waals surface area contributed by atoms with Crippen molar-refractivity contribution in [1.82, 2.24) is 20.3 Å². The number of hydrogen-bond donors (Lipinski definition) is 4. The van der Waals surface area contributed by atoms with Crippen molar-refractivity contribution in [1.29, 1.82) is 0 Å². The lowest BCUT2D eigenvalue weighted by molar-refractivity contribution is -0.137. The number of methoxy groups -OCH3 is 1. The smallest absolute Gasteiger partial charge is 0.420 e. The summed E-state index contributed by atoms with van der Waals surface area (Å²) < 4.78 is 87.9. The highest BCUT2D eigenvalue weighted by atomic mass is 19.4. The van der Waals surface area contributed by atoms with E-state index < -0.39 is 46.5 Å². The van der Waals surface area contributed by atoms with Gasteiger partial charge in [-0.05, 0) is 31.7 Å². The minimum absolute atomic E-state index is 0.0593. The van der Waals surface area contributed by atoms with Crippen LogP contribution >= 0.6 is 0 Å². The van der Waals surface area contributed by atoms with Gasteiger partial charge in [-0.2, -0.15) is 26.3 Å². The molecule has 1 aliphatic carbocycles. The molecule has 3 aromatic rings. The van der Waals surface area contributed by atoms with E-state index >= 15 is 0 Å². The maximum Gasteiger partial charge on any atom is 0.420 e. The van der Waals surface area contributed by atoms with Gasteiger partial charge in [-0.3, -0.25) is 5.32 Å². The fraction of sp³-hybridized carbons (Fsp3) is 0.435. The van der Waals surface area contributed by atoms with Crippen LogP contribution < -0.4 is 16.0 Å². The van der Waals surface area contributed by atoms with Crippen LogP contribution in [0.25, 0.3) is 22.2 Å². The lowest BCUT2D eigenvalue weighted by Crippen LogP contribution is -2.46. The number of nitrogens with one attached hydrogen (secondary N) is 4. The third kappa shape index (κ3) is 4.89. The van der Waals surface area contributed by atoms with Gasteiger partial charge in [-0.25, -0.2) is 14.8 Å². The lowest BCUT2D eigenvalue weighted by Gasteiger charge is -2.30. The van der Waals surface area contributed by atoms with E-state index in [-0.39, 0.29) is 28.5 Å². The molecule has 1 amide bonds. The number of aromatic nitrogens is 3. The van der Waals surface area contributed by atoms with Crippen molar-refractivity contribution in [2.24, 2.45) is 0 Å². The number of H-pyrrole nitrogens is 1. The number of rotatable bonds is 4. The van der Waals surface area contributed by atoms with Gasteiger partial charge in [0.05, 0.1) is 24.0 Å². The summed E-state index contributed by atoms with van der Waals surface area (Å²) in [6.07, 6.45) is -5.39. The molecule has 2 fully saturated rings. The minimum Gasteiger partial charge on any atom is -0.453 e. The summed E-state index contributed by atoms with van der Waals surface area (Å²) in [4.78, 5) is 21.9. The number of piperidine rings is 1. The summed E-state index contributed by atoms with van der Waals surface area (Å²) in [5, 5.41) is 8.31. The minimum atomic E-state index is -4.95. The van der Waals surface area contributed by atoms with Gasteiger partial charge < -0.3 is 20.4 Å². The number of halogens is 6. The number of alkyl halides is 6. The topological polar surface area (TPSA) is 104 Å². The zero-order valence-corrected chi connectivity index (χ0v) is 19.4. The van der Waals surface area contributed by atoms with Crippen LogP contribution in [0, 0.1) is 0 Å². The van der Waals surface area contributed by atoms with E-state index in [2.05, 4.69) is 30.3 Å². The van der Waals surface area contributed by atoms with Crippen molar-refractivity contribution >= 4 is 28.6 Å². The van der Waals surface area contributed by atoms with Gasteiger partial charge in [0.25, 0.3) is 0 Å². The van der Waals surface area contributed by atoms with Crippen molar-refractivity contribution in [2.75, 3.05) is 24.3 Å². The molecule has 3 heterocycles. The maximum absolute atomic E-state index is 14.0. The number of amides is 1. The molecule has 1 spiro atoms. The summed E-state index contributed by atoms with van der Waals surface area (Å²) in [5.74, 6) is -0.0593. The molecule has 2 aliphatic rings. The Hall–Kier alpha value is -3.55. The van der Waals surface area contributed by atoms with Crippen molar-refractivity contribution in [3.63, 3.8) is 0 Å². The predicted molar refractivity (Wildman–Crippen MR) is 122 cm³/mol. The molecule has 4 N–H and O–H groups in total. The number of fused-ring (bicyclic) bond motifs is 1. The molecule has 2 aromatic heterocycles. The van der Waals surface area contributed by atoms with Gasteiger partial charge in [-0.1, -0.05) is 6.07 Å². The first-order valence-corrected chi connectivity index (χ1v) is 11.4. The van der Waals surface area contributed by atoms with Crippen LogP contribution in [0.1, 0.15) is 36.8 Å². The molecule has 0 radical (unpaired) electrons. The number of benzene rings is 1. The summed E-state index contributed by atoms with van der Waals surface area (Å²) >= 11 is 0. The highest BCUT2D eigenvalue weighted by Gasteiger charge is 2.45. The molecule has 37 heavy (non-hydrogen) atoms. The number of carbonyl (C=O) groups excluding carboxylic acids is 1. The molecule has 1 atom stereocenters. The quantitative estimate of drug-likeness (QED) is 0.332. The second-order valence-corrected chi connectivity index (χ2v) is 9.22. The molecule has 1 saturated carbocycles. The molecule has 1 saturated heterocycles. The van der Waals surface area contributed by atoms with Crippen LogP contribution in [0.3, 0.4) is 0 Å². The van der Waals surface area contributed by atoms with Gasteiger partial charge in [0, 0.05) is 41.5 Å². The van der Waals surface area contributed by atoms with Gasteiger partial charge in [0.15, 0.2) is 0 Å². The van der Waals surface area contributed by atoms with Gasteiger partial charge in [0.2, 0.25) is 5.95 Å². The SMILES string of the molecule is COC(=O)Nc1ccc2c(-c3nc(N[C@H]4CCC5(CC5)NC4)ncc3C(F)(F)F)c[nH]c2c1C(F)(F)F. The summed E-state index contributed by atoms with van der Waals surface area (Å²) in [5.41, 5.74) is -4.16. The Balaban J connectivity index is 1.57. The summed E-state index contributed by atoms with van der Waals surface area (Å²) in [6, 6.07) is 2.02. The number of nitrogens with zero attached hydrogens (tertiary/aromatic N) is 2. The fourth-order valence-electron chi connectivity index (χ4n) is 4.68. The molecule has 1 aromatic carbocycles. The molecule has 0 bridgehead atoms. The Kier molecular flexibility index (Phi) is 5.96. The van der Waals surface area contributed by atoms with Crippen LogP contribution in [0.2, 0.25) is 0 Å². The number of hydrogen-bond acceptors (Lipinski definition) is 6. The zero-order chi connectivity index (χ0) is 26.6. The Labute approximate surface area is 206 Å². The average Bonchev–Trinajstić information content (AvgIpc) is 3.45. The van der Waals surface area contributed by atoms with E-state index in [0.717, 1.165) is 45.1 Å². The molecule has 0 unspecified atom stereocenters. The first-order chi connectivity index (χ1) is 17.4. The van der Waals surface area contributed by atoms with Gasteiger partial charge in [-0.15, -0.1) is 0 Å². The van der Waals surface area contributed by atoms with Crippen molar-refractivity contribution < 1.29 is 35.9 Å². The normalized spacial score (nSPS) is 19.2. The number of ether oxygens (including phenoxy) is 1. The predicted octanol–water partition coefficient (Wildman–Crippen LogP) is 5.54. The summed E-state index contributed by atoms with van der Waals surface area (Å²) in [6.45, 7) is 0.595. The van der Waals surface area contributed by atoms with Crippen LogP contribution in [0.5, 0.6) is 0 Å². The third-order valence-electron chi connectivity index (χ3n) is 6.79. The first kappa shape index (κ1) is 25.1. The molecular weight excluding hydrogens is 506 g/mol. The van der Waals surface area contributed by atoms with Crippen molar-refractivity contribution in [2.45, 2.75) is 49.6 Å². The molecule has 5 rings (SSSR count). The molecule has 8 nitrogen and oxygen atoms in total. The van der Waals surface area contributed by atoms with E-state index in [1.165, 1.54) is 6.07 Å². The summed E-state index contributed by atoms with van der Waals surface area (Å²) in [7, 11) is 0.987. The zero-order valence-electron chi connectivity index (χ0n) is 19.4. The van der Waals surface area contributed by atoms with Crippen LogP contribution in [-0.2, 0) is 17.1 Å². The Morgan fingerprint density at radius 3 is 2.49 bits per heavy atom. The lowest BCUT2D eigenvalue weighted by atomic mass is 9.99. The van der Waals surface area contributed by atoms with E-state index in [9.17, 15) is 31.1 Å². The Morgan fingerprint density at radius 2 is 1.89 bits per heavy atom. The van der Waals surface area contributed by atoms with Gasteiger partial charge in [0.1, 0.15) is 11.1 Å². The fourth-order valence-corrected chi connectivity index (χ4v) is 4.68. The van der Waals surface area contributed by atoms with E-state index in [4.69, 9.17) is 0 Å². The molecule has 1 aliphatic heterocycles. The van der Waals surface area contributed by atoms with Gasteiger partial charge >= 0.3 is 18.4 Å². The first-order valence-electron chi connectivity index (χ1n) is 11.4. The molecule has 14 heteroatoms. The standard InChI is InChI=1S/C23H22F6N6O2/c1-37-20(36)34-15-3-2-12-13(9-30-18(12)16(15)23(27,28)29)17-14(22(24,25)26)10-31-19(35-17)33-11-4-5-21(6-7-21)32-8-11/h2-3,9-11,30,32H,4-8H2,1H3,(H,34,36)(H,31,33,35)/t11-/m0/s1. The second-order valence-electron chi connectivity index (χ2n) is 9.22. The van der Waals surface area contributed by atoms with Crippen LogP contribution in [0.15, 0.2) is 24.5 Å². The third-order valence-corrected chi connectivity index (χ3v) is 6.79. The molecular formula is C23H22F6N6O2.